The second-order valence-electron chi connectivity index (χ2n) is 3.04. The molecule has 1 rings (SSSR count). The van der Waals surface area contributed by atoms with Crippen molar-refractivity contribution >= 4 is 5.91 Å². The molecule has 1 aliphatic carbocycles. The average molecular weight is 193 g/mol. The zero-order chi connectivity index (χ0) is 10.4. The summed E-state index contributed by atoms with van der Waals surface area (Å²) < 4.78 is 0. The molecule has 3 heteroatoms. The summed E-state index contributed by atoms with van der Waals surface area (Å²) in [7, 11) is 3.04. The van der Waals surface area contributed by atoms with Crippen LogP contribution < -0.4 is 0 Å². The molecule has 0 spiro atoms. The highest BCUT2D eigenvalue weighted by molar-refractivity contribution is 5.87. The molecule has 0 saturated carbocycles. The normalized spacial score (nSPS) is 15.7. The lowest BCUT2D eigenvalue weighted by Crippen LogP contribution is -2.23. The predicted molar refractivity (Wildman–Crippen MR) is 55.4 cm³/mol. The maximum atomic E-state index is 11.3. The van der Waals surface area contributed by atoms with Gasteiger partial charge in [0.05, 0.1) is 7.11 Å². The van der Waals surface area contributed by atoms with Crippen LogP contribution in [0.1, 0.15) is 12.8 Å². The summed E-state index contributed by atoms with van der Waals surface area (Å²) in [6.07, 6.45) is 11.7. The van der Waals surface area contributed by atoms with Crippen molar-refractivity contribution in [2.24, 2.45) is 0 Å². The van der Waals surface area contributed by atoms with E-state index in [-0.39, 0.29) is 5.91 Å². The molecule has 3 nitrogen and oxygen atoms in total. The van der Waals surface area contributed by atoms with Gasteiger partial charge in [-0.15, -0.1) is 0 Å². The molecule has 1 amide bonds. The molecule has 0 unspecified atom stereocenters. The Labute approximate surface area is 84.3 Å². The lowest BCUT2D eigenvalue weighted by molar-refractivity contribution is -0.162. The third-order valence-electron chi connectivity index (χ3n) is 2.03. The summed E-state index contributed by atoms with van der Waals surface area (Å²) in [5, 5.41) is 1.18. The van der Waals surface area contributed by atoms with Crippen LogP contribution in [0.25, 0.3) is 0 Å². The Balaban J connectivity index is 2.50. The van der Waals surface area contributed by atoms with E-state index < -0.39 is 0 Å². The summed E-state index contributed by atoms with van der Waals surface area (Å²) >= 11 is 0. The first-order valence-corrected chi connectivity index (χ1v) is 4.60. The lowest BCUT2D eigenvalue weighted by Gasteiger charge is -2.10. The van der Waals surface area contributed by atoms with Crippen LogP contribution in [0, 0.1) is 0 Å². The number of hydrogen-bond acceptors (Lipinski definition) is 2. The molecular formula is C11H15NO2. The standard InChI is InChI=1S/C11H15NO2/c1-12(14-2)11(13)9-8-10-6-4-3-5-7-10/h4,6-9H,3,5H2,1-2H3/b9-8+. The number of hydroxylamine groups is 2. The molecule has 0 fully saturated rings. The third kappa shape index (κ3) is 3.18. The summed E-state index contributed by atoms with van der Waals surface area (Å²) in [6.45, 7) is 0. The largest absolute Gasteiger partial charge is 0.274 e. The molecule has 14 heavy (non-hydrogen) atoms. The van der Waals surface area contributed by atoms with E-state index in [0.29, 0.717) is 0 Å². The van der Waals surface area contributed by atoms with Gasteiger partial charge in [0.15, 0.2) is 0 Å². The molecule has 0 saturated heterocycles. The lowest BCUT2D eigenvalue weighted by atomic mass is 10.1. The Morgan fingerprint density at radius 2 is 2.36 bits per heavy atom. The zero-order valence-corrected chi connectivity index (χ0v) is 8.56. The number of carbonyl (C=O) groups is 1. The Morgan fingerprint density at radius 1 is 1.57 bits per heavy atom. The summed E-state index contributed by atoms with van der Waals surface area (Å²) in [5.74, 6) is -0.160. The van der Waals surface area contributed by atoms with E-state index in [9.17, 15) is 4.79 Å². The van der Waals surface area contributed by atoms with Gasteiger partial charge in [-0.2, -0.15) is 0 Å². The number of carbonyl (C=O) groups excluding carboxylic acids is 1. The van der Waals surface area contributed by atoms with Gasteiger partial charge in [-0.1, -0.05) is 18.2 Å². The van der Waals surface area contributed by atoms with Crippen LogP contribution >= 0.6 is 0 Å². The van der Waals surface area contributed by atoms with Crippen molar-refractivity contribution in [3.05, 3.63) is 36.0 Å². The van der Waals surface area contributed by atoms with Crippen molar-refractivity contribution in [2.45, 2.75) is 12.8 Å². The van der Waals surface area contributed by atoms with Crippen molar-refractivity contribution in [3.8, 4) is 0 Å². The number of allylic oxidation sites excluding steroid dienone is 5. The Morgan fingerprint density at radius 3 is 2.93 bits per heavy atom. The van der Waals surface area contributed by atoms with Gasteiger partial charge in [0.25, 0.3) is 5.91 Å². The number of likely N-dealkylation sites (N-methyl/N-ethyl adjacent to an activating group) is 1. The molecule has 0 bridgehead atoms. The SMILES string of the molecule is CON(C)C(=O)/C=C/C1=CCCC=C1. The van der Waals surface area contributed by atoms with Crippen LogP contribution in [0.2, 0.25) is 0 Å². The molecule has 0 heterocycles. The average Bonchev–Trinajstić information content (AvgIpc) is 2.26. The number of hydrogen-bond donors (Lipinski definition) is 0. The quantitative estimate of drug-likeness (QED) is 0.505. The molecule has 0 radical (unpaired) electrons. The minimum Gasteiger partial charge on any atom is -0.274 e. The molecule has 0 N–H and O–H groups in total. The van der Waals surface area contributed by atoms with Crippen molar-refractivity contribution in [1.29, 1.82) is 0 Å². The van der Waals surface area contributed by atoms with Gasteiger partial charge >= 0.3 is 0 Å². The monoisotopic (exact) mass is 193 g/mol. The van der Waals surface area contributed by atoms with Crippen molar-refractivity contribution in [1.82, 2.24) is 5.06 Å². The van der Waals surface area contributed by atoms with Crippen LogP contribution in [-0.2, 0) is 9.63 Å². The van der Waals surface area contributed by atoms with E-state index in [0.717, 1.165) is 18.4 Å². The second-order valence-corrected chi connectivity index (χ2v) is 3.04. The summed E-state index contributed by atoms with van der Waals surface area (Å²) in [4.78, 5) is 16.0. The van der Waals surface area contributed by atoms with Crippen LogP contribution in [0.15, 0.2) is 36.0 Å². The first-order chi connectivity index (χ1) is 6.74. The number of amides is 1. The highest BCUT2D eigenvalue weighted by Gasteiger charge is 2.02. The van der Waals surface area contributed by atoms with E-state index >= 15 is 0 Å². The van der Waals surface area contributed by atoms with E-state index in [1.165, 1.54) is 18.2 Å². The number of nitrogens with zero attached hydrogens (tertiary/aromatic N) is 1. The fraction of sp³-hybridized carbons (Fsp3) is 0.364. The van der Waals surface area contributed by atoms with Crippen LogP contribution in [0.4, 0.5) is 0 Å². The smallest absolute Gasteiger partial charge is 0.269 e. The van der Waals surface area contributed by atoms with E-state index in [1.807, 2.05) is 6.08 Å². The van der Waals surface area contributed by atoms with Gasteiger partial charge < -0.3 is 0 Å². The fourth-order valence-corrected chi connectivity index (χ4v) is 1.12. The molecule has 0 aromatic heterocycles. The molecule has 0 aromatic rings. The Kier molecular flexibility index (Phi) is 4.13. The van der Waals surface area contributed by atoms with Crippen molar-refractivity contribution in [2.75, 3.05) is 14.2 Å². The predicted octanol–water partition coefficient (Wildman–Crippen LogP) is 1.84. The van der Waals surface area contributed by atoms with Gasteiger partial charge in [-0.25, -0.2) is 5.06 Å². The molecule has 1 aliphatic rings. The van der Waals surface area contributed by atoms with Crippen LogP contribution in [0.5, 0.6) is 0 Å². The summed E-state index contributed by atoms with van der Waals surface area (Å²) in [6, 6.07) is 0. The summed E-state index contributed by atoms with van der Waals surface area (Å²) in [5.41, 5.74) is 1.08. The minimum absolute atomic E-state index is 0.160. The van der Waals surface area contributed by atoms with Gasteiger partial charge in [-0.05, 0) is 24.5 Å². The topological polar surface area (TPSA) is 29.5 Å². The highest BCUT2D eigenvalue weighted by Crippen LogP contribution is 2.10. The Hall–Kier alpha value is -1.35. The van der Waals surface area contributed by atoms with Gasteiger partial charge in [0.2, 0.25) is 0 Å². The van der Waals surface area contributed by atoms with Gasteiger partial charge in [0.1, 0.15) is 0 Å². The first-order valence-electron chi connectivity index (χ1n) is 4.60. The minimum atomic E-state index is -0.160. The zero-order valence-electron chi connectivity index (χ0n) is 8.56. The van der Waals surface area contributed by atoms with Gasteiger partial charge in [-0.3, -0.25) is 9.63 Å². The molecule has 76 valence electrons. The van der Waals surface area contributed by atoms with Crippen molar-refractivity contribution < 1.29 is 9.63 Å². The Bertz CT molecular complexity index is 290. The molecule has 0 aromatic carbocycles. The third-order valence-corrected chi connectivity index (χ3v) is 2.03. The van der Waals surface area contributed by atoms with Crippen LogP contribution in [-0.4, -0.2) is 25.1 Å². The van der Waals surface area contributed by atoms with Crippen molar-refractivity contribution in [3.63, 3.8) is 0 Å². The van der Waals surface area contributed by atoms with Gasteiger partial charge in [0, 0.05) is 13.1 Å². The molecular weight excluding hydrogens is 178 g/mol. The number of rotatable bonds is 3. The van der Waals surface area contributed by atoms with E-state index in [1.54, 1.807) is 13.1 Å². The highest BCUT2D eigenvalue weighted by atomic mass is 16.7. The second kappa shape index (κ2) is 5.40. The maximum Gasteiger partial charge on any atom is 0.269 e. The van der Waals surface area contributed by atoms with E-state index in [2.05, 4.69) is 12.2 Å². The molecule has 0 aliphatic heterocycles. The van der Waals surface area contributed by atoms with E-state index in [4.69, 9.17) is 4.84 Å². The fourth-order valence-electron chi connectivity index (χ4n) is 1.12. The van der Waals surface area contributed by atoms with Crippen LogP contribution in [0.3, 0.4) is 0 Å². The maximum absolute atomic E-state index is 11.3. The molecule has 0 atom stereocenters. The first kappa shape index (κ1) is 10.7.